The topological polar surface area (TPSA) is 0 Å². The molecule has 1 aliphatic rings. The van der Waals surface area contributed by atoms with E-state index in [4.69, 9.17) is 0 Å². The maximum atomic E-state index is 2.40. The predicted octanol–water partition coefficient (Wildman–Crippen LogP) is 4.37. The molecule has 0 unspecified atom stereocenters. The van der Waals surface area contributed by atoms with E-state index in [9.17, 15) is 0 Å². The second-order valence-electron chi connectivity index (χ2n) is 4.05. The van der Waals surface area contributed by atoms with Crippen molar-refractivity contribution in [3.63, 3.8) is 0 Å². The summed E-state index contributed by atoms with van der Waals surface area (Å²) in [6.07, 6.45) is 8.19. The Bertz CT molecular complexity index is 408. The van der Waals surface area contributed by atoms with Crippen LogP contribution in [0, 0.1) is 0 Å². The van der Waals surface area contributed by atoms with Crippen LogP contribution in [0.1, 0.15) is 37.8 Å². The van der Waals surface area contributed by atoms with Crippen LogP contribution in [0.25, 0.3) is 5.57 Å². The number of fused-ring (bicyclic) bond motifs is 1. The van der Waals surface area contributed by atoms with Gasteiger partial charge in [-0.05, 0) is 42.0 Å². The highest BCUT2D eigenvalue weighted by atomic mass is 14.2. The van der Waals surface area contributed by atoms with E-state index in [1.165, 1.54) is 35.1 Å². The van der Waals surface area contributed by atoms with Crippen LogP contribution in [0.5, 0.6) is 0 Å². The molecule has 0 saturated carbocycles. The van der Waals surface area contributed by atoms with Crippen LogP contribution in [0.2, 0.25) is 0 Å². The first kappa shape index (κ1) is 10.2. The summed E-state index contributed by atoms with van der Waals surface area (Å²) in [4.78, 5) is 0. The average molecular weight is 198 g/mol. The van der Waals surface area contributed by atoms with Gasteiger partial charge in [0, 0.05) is 0 Å². The highest BCUT2D eigenvalue weighted by Gasteiger charge is 2.18. The Balaban J connectivity index is 2.38. The molecule has 0 aliphatic heterocycles. The molecular weight excluding hydrogens is 180 g/mol. The molecule has 0 atom stereocenters. The third-order valence-electron chi connectivity index (χ3n) is 3.00. The second kappa shape index (κ2) is 4.48. The molecule has 0 heterocycles. The quantitative estimate of drug-likeness (QED) is 0.662. The minimum Gasteiger partial charge on any atom is -0.0804 e. The van der Waals surface area contributed by atoms with Crippen molar-refractivity contribution < 1.29 is 0 Å². The van der Waals surface area contributed by atoms with E-state index in [-0.39, 0.29) is 0 Å². The van der Waals surface area contributed by atoms with E-state index in [2.05, 4.69) is 50.3 Å². The molecule has 15 heavy (non-hydrogen) atoms. The van der Waals surface area contributed by atoms with Crippen LogP contribution < -0.4 is 0 Å². The number of hydrogen-bond acceptors (Lipinski definition) is 0. The lowest BCUT2D eigenvalue weighted by Gasteiger charge is -2.00. The van der Waals surface area contributed by atoms with Crippen molar-refractivity contribution in [2.75, 3.05) is 0 Å². The van der Waals surface area contributed by atoms with Crippen molar-refractivity contribution >= 4 is 5.57 Å². The summed E-state index contributed by atoms with van der Waals surface area (Å²) in [6.45, 7) is 4.37. The van der Waals surface area contributed by atoms with E-state index >= 15 is 0 Å². The van der Waals surface area contributed by atoms with Gasteiger partial charge >= 0.3 is 0 Å². The molecular formula is C15H18. The molecule has 2 rings (SSSR count). The van der Waals surface area contributed by atoms with Crippen LogP contribution in [-0.4, -0.2) is 0 Å². The van der Waals surface area contributed by atoms with E-state index in [0.29, 0.717) is 0 Å². The molecule has 0 radical (unpaired) electrons. The van der Waals surface area contributed by atoms with Gasteiger partial charge in [0.1, 0.15) is 0 Å². The summed E-state index contributed by atoms with van der Waals surface area (Å²) in [5.74, 6) is 0. The fourth-order valence-electron chi connectivity index (χ4n) is 2.25. The monoisotopic (exact) mass is 198 g/mol. The second-order valence-corrected chi connectivity index (χ2v) is 4.05. The van der Waals surface area contributed by atoms with E-state index in [0.717, 1.165) is 6.42 Å². The maximum Gasteiger partial charge on any atom is -0.00167 e. The molecule has 0 spiro atoms. The van der Waals surface area contributed by atoms with Crippen LogP contribution in [0.4, 0.5) is 0 Å². The van der Waals surface area contributed by atoms with Crippen LogP contribution in [-0.2, 0) is 6.42 Å². The number of benzene rings is 1. The Morgan fingerprint density at radius 1 is 1.27 bits per heavy atom. The normalized spacial score (nSPS) is 19.9. The molecule has 0 heteroatoms. The molecule has 0 saturated heterocycles. The fourth-order valence-corrected chi connectivity index (χ4v) is 2.25. The lowest BCUT2D eigenvalue weighted by molar-refractivity contribution is 0.949. The zero-order chi connectivity index (χ0) is 10.7. The van der Waals surface area contributed by atoms with Crippen molar-refractivity contribution in [2.45, 2.75) is 33.1 Å². The zero-order valence-electron chi connectivity index (χ0n) is 9.59. The van der Waals surface area contributed by atoms with Crippen molar-refractivity contribution in [3.05, 3.63) is 53.1 Å². The van der Waals surface area contributed by atoms with Crippen LogP contribution in [0.3, 0.4) is 0 Å². The molecule has 0 nitrogen and oxygen atoms in total. The molecule has 0 bridgehead atoms. The van der Waals surface area contributed by atoms with E-state index in [1.807, 2.05) is 0 Å². The van der Waals surface area contributed by atoms with Crippen molar-refractivity contribution in [3.8, 4) is 0 Å². The molecule has 0 N–H and O–H groups in total. The van der Waals surface area contributed by atoms with Gasteiger partial charge in [-0.1, -0.05) is 49.8 Å². The first-order valence-electron chi connectivity index (χ1n) is 5.80. The Morgan fingerprint density at radius 2 is 2.07 bits per heavy atom. The van der Waals surface area contributed by atoms with Gasteiger partial charge in [-0.3, -0.25) is 0 Å². The molecule has 1 aromatic rings. The standard InChI is InChI=1S/C15H18/c1-3-5-8-12-11-13-9-6-7-10-15(13)14(12)4-2/h4,6-10H,3,5,11H2,1-2H3/b12-8+,14-4+. The van der Waals surface area contributed by atoms with Gasteiger partial charge in [-0.2, -0.15) is 0 Å². The third kappa shape index (κ3) is 1.90. The van der Waals surface area contributed by atoms with Crippen LogP contribution in [0.15, 0.2) is 42.0 Å². The smallest absolute Gasteiger partial charge is 0.00167 e. The lowest BCUT2D eigenvalue weighted by Crippen LogP contribution is -1.80. The summed E-state index contributed by atoms with van der Waals surface area (Å²) in [5, 5.41) is 0. The van der Waals surface area contributed by atoms with Crippen LogP contribution >= 0.6 is 0 Å². The summed E-state index contributed by atoms with van der Waals surface area (Å²) in [5.41, 5.74) is 5.87. The summed E-state index contributed by atoms with van der Waals surface area (Å²) < 4.78 is 0. The lowest BCUT2D eigenvalue weighted by atomic mass is 10.0. The van der Waals surface area contributed by atoms with Gasteiger partial charge in [0.05, 0.1) is 0 Å². The van der Waals surface area contributed by atoms with Gasteiger partial charge in [0.25, 0.3) is 0 Å². The number of rotatable bonds is 2. The minimum absolute atomic E-state index is 1.12. The van der Waals surface area contributed by atoms with E-state index < -0.39 is 0 Å². The molecule has 1 aromatic carbocycles. The highest BCUT2D eigenvalue weighted by molar-refractivity contribution is 5.85. The molecule has 78 valence electrons. The maximum absolute atomic E-state index is 2.40. The van der Waals surface area contributed by atoms with Gasteiger partial charge in [-0.25, -0.2) is 0 Å². The van der Waals surface area contributed by atoms with Gasteiger partial charge in [0.2, 0.25) is 0 Å². The number of allylic oxidation sites excluding steroid dienone is 4. The fraction of sp³-hybridized carbons (Fsp3) is 0.333. The first-order chi connectivity index (χ1) is 7.36. The molecule has 0 aromatic heterocycles. The first-order valence-corrected chi connectivity index (χ1v) is 5.80. The van der Waals surface area contributed by atoms with Crippen molar-refractivity contribution in [1.82, 2.24) is 0 Å². The Hall–Kier alpha value is -1.30. The Morgan fingerprint density at radius 3 is 2.80 bits per heavy atom. The summed E-state index contributed by atoms with van der Waals surface area (Å²) in [7, 11) is 0. The average Bonchev–Trinajstić information content (AvgIpc) is 2.63. The minimum atomic E-state index is 1.12. The molecule has 0 amide bonds. The summed E-state index contributed by atoms with van der Waals surface area (Å²) >= 11 is 0. The zero-order valence-corrected chi connectivity index (χ0v) is 9.59. The largest absolute Gasteiger partial charge is 0.0804 e. The number of hydrogen-bond donors (Lipinski definition) is 0. The Kier molecular flexibility index (Phi) is 3.05. The molecule has 1 aliphatic carbocycles. The van der Waals surface area contributed by atoms with Crippen molar-refractivity contribution in [1.29, 1.82) is 0 Å². The number of unbranched alkanes of at least 4 members (excludes halogenated alkanes) is 1. The Labute approximate surface area is 92.3 Å². The van der Waals surface area contributed by atoms with Gasteiger partial charge < -0.3 is 0 Å². The van der Waals surface area contributed by atoms with E-state index in [1.54, 1.807) is 0 Å². The highest BCUT2D eigenvalue weighted by Crippen LogP contribution is 2.36. The third-order valence-corrected chi connectivity index (χ3v) is 3.00. The summed E-state index contributed by atoms with van der Waals surface area (Å²) in [6, 6.07) is 8.74. The molecule has 0 fully saturated rings. The SMILES string of the molecule is C/C=C1\C(=C\CCC)Cc2ccccc21. The van der Waals surface area contributed by atoms with Crippen molar-refractivity contribution in [2.24, 2.45) is 0 Å². The van der Waals surface area contributed by atoms with Gasteiger partial charge in [0.15, 0.2) is 0 Å². The predicted molar refractivity (Wildman–Crippen MR) is 66.8 cm³/mol. The van der Waals surface area contributed by atoms with Gasteiger partial charge in [-0.15, -0.1) is 0 Å².